The van der Waals surface area contributed by atoms with Crippen molar-refractivity contribution < 1.29 is 13.6 Å². The molecular weight excluding hydrogens is 297 g/mol. The average Bonchev–Trinajstić information content (AvgIpc) is 2.50. The van der Waals surface area contributed by atoms with E-state index in [-0.39, 0.29) is 0 Å². The zero-order valence-corrected chi connectivity index (χ0v) is 14.1. The van der Waals surface area contributed by atoms with Crippen LogP contribution in [0, 0.1) is 13.8 Å². The van der Waals surface area contributed by atoms with Gasteiger partial charge in [0.05, 0.1) is 0 Å². The molecule has 2 rings (SSSR count). The smallest absolute Gasteiger partial charge is 0.405 e. The summed E-state index contributed by atoms with van der Waals surface area (Å²) >= 11 is 0. The van der Waals surface area contributed by atoms with Crippen LogP contribution in [0.2, 0.25) is 0 Å². The van der Waals surface area contributed by atoms with E-state index in [1.165, 1.54) is 0 Å². The Kier molecular flexibility index (Phi) is 5.64. The highest BCUT2D eigenvalue weighted by atomic mass is 31.2. The summed E-state index contributed by atoms with van der Waals surface area (Å²) in [6.07, 6.45) is 0.832. The van der Waals surface area contributed by atoms with E-state index in [1.54, 1.807) is 24.3 Å². The molecule has 118 valence electrons. The summed E-state index contributed by atoms with van der Waals surface area (Å²) in [4.78, 5) is 0. The molecule has 0 radical (unpaired) electrons. The fraction of sp³-hybridized carbons (Fsp3) is 0.294. The third-order valence-electron chi connectivity index (χ3n) is 3.05. The van der Waals surface area contributed by atoms with Gasteiger partial charge in [-0.15, -0.1) is 0 Å². The number of rotatable bonds is 7. The van der Waals surface area contributed by atoms with E-state index >= 15 is 0 Å². The van der Waals surface area contributed by atoms with Gasteiger partial charge in [-0.2, -0.15) is 0 Å². The third kappa shape index (κ3) is 4.90. The molecule has 2 aromatic rings. The fourth-order valence-electron chi connectivity index (χ4n) is 1.81. The van der Waals surface area contributed by atoms with Gasteiger partial charge in [0, 0.05) is 6.54 Å². The molecule has 0 unspecified atom stereocenters. The Balaban J connectivity index is 2.17. The van der Waals surface area contributed by atoms with Crippen molar-refractivity contribution in [1.82, 2.24) is 5.09 Å². The first kappa shape index (κ1) is 16.6. The molecule has 0 aromatic heterocycles. The second-order valence-corrected chi connectivity index (χ2v) is 6.89. The summed E-state index contributed by atoms with van der Waals surface area (Å²) < 4.78 is 24.2. The monoisotopic (exact) mass is 319 g/mol. The van der Waals surface area contributed by atoms with Crippen molar-refractivity contribution in [2.75, 3.05) is 6.54 Å². The van der Waals surface area contributed by atoms with Crippen molar-refractivity contribution in [3.63, 3.8) is 0 Å². The van der Waals surface area contributed by atoms with Gasteiger partial charge in [-0.25, -0.2) is 9.65 Å². The Morgan fingerprint density at radius 1 is 0.864 bits per heavy atom. The second-order valence-electron chi connectivity index (χ2n) is 5.21. The van der Waals surface area contributed by atoms with Crippen molar-refractivity contribution in [1.29, 1.82) is 0 Å². The molecule has 1 N–H and O–H groups in total. The molecular formula is C17H22NO3P. The molecule has 0 fully saturated rings. The van der Waals surface area contributed by atoms with Crippen molar-refractivity contribution in [3.8, 4) is 11.5 Å². The summed E-state index contributed by atoms with van der Waals surface area (Å²) in [5.74, 6) is 1.04. The summed E-state index contributed by atoms with van der Waals surface area (Å²) in [5.41, 5.74) is 2.23. The Morgan fingerprint density at radius 2 is 1.27 bits per heavy atom. The van der Waals surface area contributed by atoms with Gasteiger partial charge in [0.15, 0.2) is 0 Å². The first-order chi connectivity index (χ1) is 10.5. The topological polar surface area (TPSA) is 47.6 Å². The predicted molar refractivity (Wildman–Crippen MR) is 89.5 cm³/mol. The van der Waals surface area contributed by atoms with Crippen molar-refractivity contribution in [2.45, 2.75) is 27.2 Å². The van der Waals surface area contributed by atoms with Crippen LogP contribution < -0.4 is 14.1 Å². The molecule has 4 nitrogen and oxygen atoms in total. The molecule has 22 heavy (non-hydrogen) atoms. The zero-order valence-electron chi connectivity index (χ0n) is 13.2. The summed E-state index contributed by atoms with van der Waals surface area (Å²) in [6, 6.07) is 14.8. The predicted octanol–water partition coefficient (Wildman–Crippen LogP) is 4.87. The van der Waals surface area contributed by atoms with Crippen LogP contribution in [0.1, 0.15) is 24.5 Å². The Hall–Kier alpha value is -1.77. The van der Waals surface area contributed by atoms with Crippen LogP contribution in [0.3, 0.4) is 0 Å². The normalized spacial score (nSPS) is 11.2. The lowest BCUT2D eigenvalue weighted by atomic mass is 10.2. The molecule has 0 amide bonds. The third-order valence-corrected chi connectivity index (χ3v) is 4.56. The number of hydrogen-bond donors (Lipinski definition) is 1. The van der Waals surface area contributed by atoms with Gasteiger partial charge in [-0.1, -0.05) is 42.3 Å². The van der Waals surface area contributed by atoms with E-state index in [2.05, 4.69) is 5.09 Å². The Labute approximate surface area is 132 Å². The zero-order chi connectivity index (χ0) is 16.0. The van der Waals surface area contributed by atoms with Gasteiger partial charge in [-0.3, -0.25) is 0 Å². The quantitative estimate of drug-likeness (QED) is 0.740. The maximum atomic E-state index is 12.9. The molecule has 5 heteroatoms. The minimum atomic E-state index is -3.46. The number of hydrogen-bond acceptors (Lipinski definition) is 3. The van der Waals surface area contributed by atoms with E-state index in [9.17, 15) is 4.57 Å². The summed E-state index contributed by atoms with van der Waals surface area (Å²) in [6.45, 7) is 6.52. The molecule has 0 aliphatic rings. The van der Waals surface area contributed by atoms with Gasteiger partial charge >= 0.3 is 7.75 Å². The van der Waals surface area contributed by atoms with E-state index in [0.717, 1.165) is 17.5 Å². The Bertz CT molecular complexity index is 586. The molecule has 0 aliphatic heterocycles. The Morgan fingerprint density at radius 3 is 1.64 bits per heavy atom. The lowest BCUT2D eigenvalue weighted by Gasteiger charge is -2.20. The SMILES string of the molecule is CCCNP(=O)(Oc1ccc(C)cc1)Oc1ccc(C)cc1. The van der Waals surface area contributed by atoms with Crippen molar-refractivity contribution in [3.05, 3.63) is 59.7 Å². The van der Waals surface area contributed by atoms with Crippen LogP contribution in [0.25, 0.3) is 0 Å². The number of benzene rings is 2. The molecule has 0 atom stereocenters. The van der Waals surface area contributed by atoms with E-state index in [0.29, 0.717) is 18.0 Å². The molecule has 0 heterocycles. The minimum Gasteiger partial charge on any atom is -0.405 e. The number of nitrogens with one attached hydrogen (secondary N) is 1. The second kappa shape index (κ2) is 7.48. The first-order valence-corrected chi connectivity index (χ1v) is 8.93. The van der Waals surface area contributed by atoms with Crippen LogP contribution in [-0.2, 0) is 4.57 Å². The van der Waals surface area contributed by atoms with Crippen LogP contribution in [0.15, 0.2) is 48.5 Å². The lowest BCUT2D eigenvalue weighted by molar-refractivity contribution is 0.371. The van der Waals surface area contributed by atoms with Crippen LogP contribution in [0.4, 0.5) is 0 Å². The van der Waals surface area contributed by atoms with Gasteiger partial charge in [0.25, 0.3) is 0 Å². The fourth-order valence-corrected chi connectivity index (χ4v) is 3.27. The average molecular weight is 319 g/mol. The lowest BCUT2D eigenvalue weighted by Crippen LogP contribution is -2.19. The van der Waals surface area contributed by atoms with E-state index < -0.39 is 7.75 Å². The standard InChI is InChI=1S/C17H22NO3P/c1-4-13-18-22(19,20-16-9-5-14(2)6-10-16)21-17-11-7-15(3)8-12-17/h5-12H,4,13H2,1-3H3,(H,18,19). The first-order valence-electron chi connectivity index (χ1n) is 7.38. The largest absolute Gasteiger partial charge is 0.512 e. The maximum Gasteiger partial charge on any atom is 0.512 e. The van der Waals surface area contributed by atoms with Gasteiger partial charge in [-0.05, 0) is 44.5 Å². The molecule has 0 saturated carbocycles. The highest BCUT2D eigenvalue weighted by molar-refractivity contribution is 7.52. The maximum absolute atomic E-state index is 12.9. The van der Waals surface area contributed by atoms with Crippen LogP contribution >= 0.6 is 7.75 Å². The minimum absolute atomic E-state index is 0.518. The molecule has 0 spiro atoms. The molecule has 0 bridgehead atoms. The van der Waals surface area contributed by atoms with Gasteiger partial charge in [0.1, 0.15) is 11.5 Å². The molecule has 2 aromatic carbocycles. The highest BCUT2D eigenvalue weighted by Crippen LogP contribution is 2.44. The van der Waals surface area contributed by atoms with E-state index in [4.69, 9.17) is 9.05 Å². The summed E-state index contributed by atoms with van der Waals surface area (Å²) in [5, 5.41) is 2.88. The number of aryl methyl sites for hydroxylation is 2. The highest BCUT2D eigenvalue weighted by Gasteiger charge is 2.27. The van der Waals surface area contributed by atoms with Gasteiger partial charge in [0.2, 0.25) is 0 Å². The molecule has 0 aliphatic carbocycles. The van der Waals surface area contributed by atoms with Crippen LogP contribution in [-0.4, -0.2) is 6.54 Å². The molecule has 0 saturated heterocycles. The van der Waals surface area contributed by atoms with Crippen LogP contribution in [0.5, 0.6) is 11.5 Å². The van der Waals surface area contributed by atoms with Crippen molar-refractivity contribution in [2.24, 2.45) is 0 Å². The summed E-state index contributed by atoms with van der Waals surface area (Å²) in [7, 11) is -3.46. The van der Waals surface area contributed by atoms with E-state index in [1.807, 2.05) is 45.0 Å². The van der Waals surface area contributed by atoms with Gasteiger partial charge < -0.3 is 9.05 Å². The van der Waals surface area contributed by atoms with Crippen molar-refractivity contribution >= 4 is 7.75 Å².